The van der Waals surface area contributed by atoms with Gasteiger partial charge in [-0.15, -0.1) is 0 Å². The number of amides is 1. The van der Waals surface area contributed by atoms with E-state index in [0.717, 1.165) is 11.3 Å². The second kappa shape index (κ2) is 6.92. The highest BCUT2D eigenvalue weighted by molar-refractivity contribution is 5.98. The van der Waals surface area contributed by atoms with Gasteiger partial charge >= 0.3 is 0 Å². The molecule has 1 aliphatic rings. The molecule has 0 saturated heterocycles. The molecule has 0 atom stereocenters. The summed E-state index contributed by atoms with van der Waals surface area (Å²) >= 11 is 0. The first-order valence-corrected chi connectivity index (χ1v) is 8.51. The molecule has 0 fully saturated rings. The molecule has 0 aliphatic carbocycles. The maximum Gasteiger partial charge on any atom is 0.256 e. The predicted octanol–water partition coefficient (Wildman–Crippen LogP) is 2.95. The van der Waals surface area contributed by atoms with Crippen LogP contribution in [-0.2, 0) is 6.42 Å². The highest BCUT2D eigenvalue weighted by Crippen LogP contribution is 2.32. The second-order valence-corrected chi connectivity index (χ2v) is 6.11. The van der Waals surface area contributed by atoms with Gasteiger partial charge in [-0.1, -0.05) is 6.07 Å². The van der Waals surface area contributed by atoms with Crippen molar-refractivity contribution < 1.29 is 18.7 Å². The quantitative estimate of drug-likeness (QED) is 0.753. The summed E-state index contributed by atoms with van der Waals surface area (Å²) in [6.45, 7) is 2.34. The number of aromatic nitrogens is 1. The van der Waals surface area contributed by atoms with Crippen LogP contribution in [0.15, 0.2) is 47.1 Å². The van der Waals surface area contributed by atoms with Crippen LogP contribution in [-0.4, -0.2) is 23.8 Å². The Morgan fingerprint density at radius 2 is 2.04 bits per heavy atom. The van der Waals surface area contributed by atoms with Gasteiger partial charge in [0.15, 0.2) is 11.5 Å². The summed E-state index contributed by atoms with van der Waals surface area (Å²) in [6.07, 6.45) is 4.16. The molecule has 1 amide bonds. The lowest BCUT2D eigenvalue weighted by atomic mass is 10.1. The lowest BCUT2D eigenvalue weighted by Gasteiger charge is -2.06. The molecule has 0 spiro atoms. The Hall–Kier alpha value is -3.66. The van der Waals surface area contributed by atoms with Gasteiger partial charge in [-0.2, -0.15) is 5.26 Å². The first-order valence-electron chi connectivity index (χ1n) is 8.51. The van der Waals surface area contributed by atoms with E-state index < -0.39 is 0 Å². The maximum atomic E-state index is 12.6. The average molecular weight is 363 g/mol. The normalized spacial score (nSPS) is 12.0. The monoisotopic (exact) mass is 363 g/mol. The Morgan fingerprint density at radius 1 is 1.26 bits per heavy atom. The first-order chi connectivity index (χ1) is 13.2. The van der Waals surface area contributed by atoms with Crippen molar-refractivity contribution in [2.45, 2.75) is 13.3 Å². The van der Waals surface area contributed by atoms with E-state index in [2.05, 4.69) is 11.4 Å². The fourth-order valence-corrected chi connectivity index (χ4v) is 3.06. The molecule has 136 valence electrons. The van der Waals surface area contributed by atoms with Crippen LogP contribution >= 0.6 is 0 Å². The van der Waals surface area contributed by atoms with Crippen LogP contribution in [0.25, 0.3) is 5.88 Å². The van der Waals surface area contributed by atoms with Crippen molar-refractivity contribution in [2.75, 3.05) is 13.3 Å². The summed E-state index contributed by atoms with van der Waals surface area (Å²) in [4.78, 5) is 12.6. The number of fused-ring (bicyclic) bond motifs is 1. The lowest BCUT2D eigenvalue weighted by Crippen LogP contribution is -2.26. The van der Waals surface area contributed by atoms with Crippen LogP contribution in [0.3, 0.4) is 0 Å². The Labute approximate surface area is 155 Å². The lowest BCUT2D eigenvalue weighted by molar-refractivity contribution is 0.0952. The zero-order valence-corrected chi connectivity index (χ0v) is 14.7. The molecular formula is C20H17N3O4. The van der Waals surface area contributed by atoms with E-state index in [-0.39, 0.29) is 23.8 Å². The summed E-state index contributed by atoms with van der Waals surface area (Å²) in [5, 5.41) is 12.4. The fraction of sp³-hybridized carbons (Fsp3) is 0.200. The van der Waals surface area contributed by atoms with Crippen LogP contribution in [0.2, 0.25) is 0 Å². The van der Waals surface area contributed by atoms with Crippen molar-refractivity contribution in [3.63, 3.8) is 0 Å². The van der Waals surface area contributed by atoms with Gasteiger partial charge < -0.3 is 19.2 Å². The summed E-state index contributed by atoms with van der Waals surface area (Å²) in [5.74, 6) is 1.88. The largest absolute Gasteiger partial charge is 0.454 e. The van der Waals surface area contributed by atoms with Gasteiger partial charge in [-0.25, -0.2) is 0 Å². The summed E-state index contributed by atoms with van der Waals surface area (Å²) < 4.78 is 18.0. The van der Waals surface area contributed by atoms with E-state index in [4.69, 9.17) is 13.9 Å². The minimum atomic E-state index is -0.327. The van der Waals surface area contributed by atoms with Gasteiger partial charge in [0.05, 0.1) is 0 Å². The fourth-order valence-electron chi connectivity index (χ4n) is 3.06. The van der Waals surface area contributed by atoms with E-state index in [9.17, 15) is 10.1 Å². The summed E-state index contributed by atoms with van der Waals surface area (Å²) in [6, 6.07) is 11.4. The Bertz CT molecular complexity index is 1030. The molecule has 3 heterocycles. The third-order valence-corrected chi connectivity index (χ3v) is 4.38. The number of carbonyl (C=O) groups is 1. The molecule has 3 aromatic rings. The average Bonchev–Trinajstić information content (AvgIpc) is 3.40. The molecule has 27 heavy (non-hydrogen) atoms. The zero-order valence-electron chi connectivity index (χ0n) is 14.7. The number of carbonyl (C=O) groups excluding carboxylic acids is 1. The highest BCUT2D eigenvalue weighted by Gasteiger charge is 2.24. The molecule has 7 nitrogen and oxygen atoms in total. The van der Waals surface area contributed by atoms with Gasteiger partial charge in [-0.3, -0.25) is 9.36 Å². The van der Waals surface area contributed by atoms with Crippen LogP contribution in [0.1, 0.15) is 27.2 Å². The Balaban J connectivity index is 1.46. The van der Waals surface area contributed by atoms with Crippen molar-refractivity contribution in [1.82, 2.24) is 9.88 Å². The van der Waals surface area contributed by atoms with Gasteiger partial charge in [0.25, 0.3) is 5.91 Å². The molecule has 4 rings (SSSR count). The highest BCUT2D eigenvalue weighted by atomic mass is 16.7. The minimum Gasteiger partial charge on any atom is -0.454 e. The summed E-state index contributed by atoms with van der Waals surface area (Å²) in [5.41, 5.74) is 1.52. The summed E-state index contributed by atoms with van der Waals surface area (Å²) in [7, 11) is 0. The van der Waals surface area contributed by atoms with Crippen LogP contribution in [0, 0.1) is 18.3 Å². The molecule has 0 unspecified atom stereocenters. The molecule has 0 radical (unpaired) electrons. The molecule has 0 saturated carbocycles. The van der Waals surface area contributed by atoms with Gasteiger partial charge in [0.1, 0.15) is 23.0 Å². The van der Waals surface area contributed by atoms with Crippen LogP contribution < -0.4 is 14.8 Å². The maximum absolute atomic E-state index is 12.6. The molecular weight excluding hydrogens is 346 g/mol. The molecule has 7 heteroatoms. The van der Waals surface area contributed by atoms with Crippen molar-refractivity contribution >= 4 is 5.91 Å². The van der Waals surface area contributed by atoms with E-state index in [1.165, 1.54) is 0 Å². The number of nitrogens with one attached hydrogen (secondary N) is 1. The number of ether oxygens (including phenoxy) is 2. The Kier molecular flexibility index (Phi) is 4.30. The van der Waals surface area contributed by atoms with E-state index in [1.807, 2.05) is 30.3 Å². The third-order valence-electron chi connectivity index (χ3n) is 4.38. The SMILES string of the molecule is Cc1oc(-n2cccc2)c(C#N)c1C(=O)NCCc1ccc2c(c1)OCO2. The van der Waals surface area contributed by atoms with Crippen molar-refractivity contribution in [2.24, 2.45) is 0 Å². The van der Waals surface area contributed by atoms with Gasteiger partial charge in [0, 0.05) is 18.9 Å². The standard InChI is InChI=1S/C20H17N3O4/c1-13-18(15(11-21)20(27-13)23-8-2-3-9-23)19(24)22-7-6-14-4-5-16-17(10-14)26-12-25-16/h2-5,8-10H,6-7,12H2,1H3,(H,22,24). The van der Waals surface area contributed by atoms with E-state index in [1.54, 1.807) is 23.9 Å². The molecule has 1 aromatic carbocycles. The first kappa shape index (κ1) is 16.8. The molecule has 1 N–H and O–H groups in total. The Morgan fingerprint density at radius 3 is 2.81 bits per heavy atom. The number of hydrogen-bond donors (Lipinski definition) is 1. The van der Waals surface area contributed by atoms with Crippen molar-refractivity contribution in [1.29, 1.82) is 5.26 Å². The number of aryl methyl sites for hydroxylation is 1. The molecule has 0 bridgehead atoms. The minimum absolute atomic E-state index is 0.226. The molecule has 2 aromatic heterocycles. The molecule has 1 aliphatic heterocycles. The predicted molar refractivity (Wildman–Crippen MR) is 96.1 cm³/mol. The van der Waals surface area contributed by atoms with Gasteiger partial charge in [0.2, 0.25) is 12.7 Å². The van der Waals surface area contributed by atoms with Crippen LogP contribution in [0.4, 0.5) is 0 Å². The number of nitriles is 1. The van der Waals surface area contributed by atoms with Crippen molar-refractivity contribution in [3.05, 3.63) is 65.2 Å². The van der Waals surface area contributed by atoms with E-state index >= 15 is 0 Å². The second-order valence-electron chi connectivity index (χ2n) is 6.11. The van der Waals surface area contributed by atoms with Gasteiger partial charge in [-0.05, 0) is 43.2 Å². The zero-order chi connectivity index (χ0) is 18.8. The number of furan rings is 1. The topological polar surface area (TPSA) is 89.4 Å². The number of rotatable bonds is 5. The van der Waals surface area contributed by atoms with Crippen LogP contribution in [0.5, 0.6) is 11.5 Å². The number of hydrogen-bond acceptors (Lipinski definition) is 5. The van der Waals surface area contributed by atoms with Crippen molar-refractivity contribution in [3.8, 4) is 23.5 Å². The number of nitrogens with zero attached hydrogens (tertiary/aromatic N) is 2. The smallest absolute Gasteiger partial charge is 0.256 e. The van der Waals surface area contributed by atoms with E-state index in [0.29, 0.717) is 30.4 Å². The third kappa shape index (κ3) is 3.13. The number of benzene rings is 1.